The summed E-state index contributed by atoms with van der Waals surface area (Å²) in [6.07, 6.45) is 5.27. The molecule has 0 unspecified atom stereocenters. The summed E-state index contributed by atoms with van der Waals surface area (Å²) in [7, 11) is 0. The summed E-state index contributed by atoms with van der Waals surface area (Å²) in [4.78, 5) is 9.86. The minimum absolute atomic E-state index is 0.803. The van der Waals surface area contributed by atoms with Gasteiger partial charge in [0, 0.05) is 31.0 Å². The van der Waals surface area contributed by atoms with Gasteiger partial charge in [0.25, 0.3) is 0 Å². The van der Waals surface area contributed by atoms with Crippen LogP contribution >= 0.6 is 0 Å². The first-order chi connectivity index (χ1) is 6.45. The topological polar surface area (TPSA) is 43.4 Å². The van der Waals surface area contributed by atoms with Crippen molar-refractivity contribution in [1.82, 2.24) is 10.3 Å². The van der Waals surface area contributed by atoms with E-state index in [2.05, 4.69) is 26.4 Å². The quantitative estimate of drug-likeness (QED) is 0.610. The van der Waals surface area contributed by atoms with Crippen molar-refractivity contribution in [1.29, 1.82) is 0 Å². The van der Waals surface area contributed by atoms with Gasteiger partial charge in [0.05, 0.1) is 12.2 Å². The Kier molecular flexibility index (Phi) is 1.36. The Morgan fingerprint density at radius 3 is 3.38 bits per heavy atom. The predicted octanol–water partition coefficient (Wildman–Crippen LogP) is 0.684. The van der Waals surface area contributed by atoms with Crippen LogP contribution in [0.1, 0.15) is 12.0 Å². The fourth-order valence-corrected chi connectivity index (χ4v) is 1.94. The highest BCUT2D eigenvalue weighted by Gasteiger charge is 2.23. The highest BCUT2D eigenvalue weighted by molar-refractivity contribution is 5.98. The van der Waals surface area contributed by atoms with Crippen molar-refractivity contribution in [2.24, 2.45) is 4.99 Å². The van der Waals surface area contributed by atoms with Gasteiger partial charge in [-0.3, -0.25) is 0 Å². The Balaban J connectivity index is 2.03. The van der Waals surface area contributed by atoms with E-state index in [1.54, 1.807) is 0 Å². The molecule has 0 radical (unpaired) electrons. The Morgan fingerprint density at radius 1 is 1.38 bits per heavy atom. The molecular weight excluding hydrogens is 164 g/mol. The average Bonchev–Trinajstić information content (AvgIpc) is 2.65. The molecule has 0 spiro atoms. The number of H-pyrrole nitrogens is 1. The number of guanidine groups is 1. The third-order valence-corrected chi connectivity index (χ3v) is 2.59. The lowest BCUT2D eigenvalue weighted by Crippen LogP contribution is -2.49. The van der Waals surface area contributed by atoms with Crippen LogP contribution in [0.25, 0.3) is 0 Å². The van der Waals surface area contributed by atoms with Crippen molar-refractivity contribution in [3.8, 4) is 0 Å². The molecule has 0 atom stereocenters. The predicted molar refractivity (Wildman–Crippen MR) is 51.9 cm³/mol. The van der Waals surface area contributed by atoms with E-state index in [0.29, 0.717) is 0 Å². The summed E-state index contributed by atoms with van der Waals surface area (Å²) in [5.41, 5.74) is 2.59. The van der Waals surface area contributed by atoms with Crippen molar-refractivity contribution >= 4 is 11.6 Å². The minimum Gasteiger partial charge on any atom is -0.365 e. The number of nitrogens with zero attached hydrogens (tertiary/aromatic N) is 2. The van der Waals surface area contributed by atoms with Crippen LogP contribution in [-0.4, -0.2) is 24.0 Å². The number of hydrogen-bond acceptors (Lipinski definition) is 3. The lowest BCUT2D eigenvalue weighted by atomic mass is 10.2. The zero-order chi connectivity index (χ0) is 8.67. The van der Waals surface area contributed by atoms with Gasteiger partial charge < -0.3 is 15.2 Å². The molecule has 1 fully saturated rings. The fraction of sp³-hybridized carbons (Fsp3) is 0.444. The molecule has 1 aromatic rings. The van der Waals surface area contributed by atoms with Crippen LogP contribution in [-0.2, 0) is 6.54 Å². The smallest absolute Gasteiger partial charge is 0.198 e. The van der Waals surface area contributed by atoms with Crippen molar-refractivity contribution in [3.05, 3.63) is 18.0 Å². The minimum atomic E-state index is 0.803. The number of hydrogen-bond donors (Lipinski definition) is 2. The zero-order valence-electron chi connectivity index (χ0n) is 7.38. The molecule has 2 N–H and O–H groups in total. The summed E-state index contributed by atoms with van der Waals surface area (Å²) in [6.45, 7) is 2.93. The first-order valence-corrected chi connectivity index (χ1v) is 4.67. The van der Waals surface area contributed by atoms with Gasteiger partial charge in [0.1, 0.15) is 0 Å². The van der Waals surface area contributed by atoms with Gasteiger partial charge >= 0.3 is 0 Å². The lowest BCUT2D eigenvalue weighted by molar-refractivity contribution is 0.696. The Hall–Kier alpha value is -1.45. The number of nitrogens with one attached hydrogen (secondary N) is 2. The van der Waals surface area contributed by atoms with Crippen LogP contribution in [0.5, 0.6) is 0 Å². The zero-order valence-corrected chi connectivity index (χ0v) is 7.38. The van der Waals surface area contributed by atoms with Crippen molar-refractivity contribution in [2.75, 3.05) is 18.0 Å². The van der Waals surface area contributed by atoms with Crippen LogP contribution in [0.4, 0.5) is 5.69 Å². The van der Waals surface area contributed by atoms with Crippen LogP contribution in [0.3, 0.4) is 0 Å². The Labute approximate surface area is 76.7 Å². The van der Waals surface area contributed by atoms with Crippen LogP contribution < -0.4 is 10.2 Å². The third kappa shape index (κ3) is 0.946. The molecule has 3 heterocycles. The number of fused-ring (bicyclic) bond motifs is 3. The van der Waals surface area contributed by atoms with E-state index < -0.39 is 0 Å². The molecule has 0 amide bonds. The van der Waals surface area contributed by atoms with E-state index in [4.69, 9.17) is 0 Å². The van der Waals surface area contributed by atoms with E-state index in [9.17, 15) is 0 Å². The lowest BCUT2D eigenvalue weighted by Gasteiger charge is -2.33. The van der Waals surface area contributed by atoms with Crippen LogP contribution in [0.15, 0.2) is 17.4 Å². The molecule has 0 aliphatic carbocycles. The monoisotopic (exact) mass is 176 g/mol. The van der Waals surface area contributed by atoms with E-state index in [0.717, 1.165) is 25.6 Å². The average molecular weight is 176 g/mol. The second kappa shape index (κ2) is 2.52. The van der Waals surface area contributed by atoms with Crippen LogP contribution in [0.2, 0.25) is 0 Å². The summed E-state index contributed by atoms with van der Waals surface area (Å²) >= 11 is 0. The first kappa shape index (κ1) is 7.00. The first-order valence-electron chi connectivity index (χ1n) is 4.67. The fourth-order valence-electron chi connectivity index (χ4n) is 1.94. The summed E-state index contributed by atoms with van der Waals surface area (Å²) < 4.78 is 0. The SMILES string of the molecule is c1[nH]cc2c1CN=C1NCCCN12. The van der Waals surface area contributed by atoms with Gasteiger partial charge in [-0.05, 0) is 6.42 Å². The molecule has 0 aromatic carbocycles. The molecule has 4 heteroatoms. The molecule has 1 saturated heterocycles. The summed E-state index contributed by atoms with van der Waals surface area (Å²) in [5, 5.41) is 3.31. The van der Waals surface area contributed by atoms with Crippen molar-refractivity contribution in [2.45, 2.75) is 13.0 Å². The van der Waals surface area contributed by atoms with E-state index in [1.807, 2.05) is 6.20 Å². The summed E-state index contributed by atoms with van der Waals surface area (Å²) in [6, 6.07) is 0. The normalized spacial score (nSPS) is 20.0. The maximum atomic E-state index is 4.48. The van der Waals surface area contributed by atoms with Gasteiger partial charge in [-0.2, -0.15) is 0 Å². The molecule has 0 bridgehead atoms. The molecule has 1 aromatic heterocycles. The second-order valence-electron chi connectivity index (χ2n) is 3.44. The number of anilines is 1. The second-order valence-corrected chi connectivity index (χ2v) is 3.44. The van der Waals surface area contributed by atoms with Gasteiger partial charge in [-0.15, -0.1) is 0 Å². The molecule has 68 valence electrons. The van der Waals surface area contributed by atoms with E-state index in [1.165, 1.54) is 17.7 Å². The third-order valence-electron chi connectivity index (χ3n) is 2.59. The van der Waals surface area contributed by atoms with Crippen molar-refractivity contribution in [3.63, 3.8) is 0 Å². The number of rotatable bonds is 0. The van der Waals surface area contributed by atoms with Gasteiger partial charge in [-0.1, -0.05) is 0 Å². The maximum absolute atomic E-state index is 4.48. The van der Waals surface area contributed by atoms with Gasteiger partial charge in [-0.25, -0.2) is 4.99 Å². The summed E-state index contributed by atoms with van der Waals surface area (Å²) in [5.74, 6) is 1.04. The molecule has 2 aliphatic rings. The van der Waals surface area contributed by atoms with Crippen LogP contribution in [0, 0.1) is 0 Å². The molecular formula is C9H12N4. The molecule has 13 heavy (non-hydrogen) atoms. The van der Waals surface area contributed by atoms with E-state index in [-0.39, 0.29) is 0 Å². The van der Waals surface area contributed by atoms with Crippen molar-refractivity contribution < 1.29 is 0 Å². The molecule has 4 nitrogen and oxygen atoms in total. The van der Waals surface area contributed by atoms with Gasteiger partial charge in [0.15, 0.2) is 5.96 Å². The Bertz CT molecular complexity index is 352. The maximum Gasteiger partial charge on any atom is 0.198 e. The number of aliphatic imine (C=N–C) groups is 1. The molecule has 2 aliphatic heterocycles. The molecule has 3 rings (SSSR count). The van der Waals surface area contributed by atoms with Gasteiger partial charge in [0.2, 0.25) is 0 Å². The largest absolute Gasteiger partial charge is 0.365 e. The Morgan fingerprint density at radius 2 is 2.38 bits per heavy atom. The molecule has 0 saturated carbocycles. The number of aromatic amines is 1. The highest BCUT2D eigenvalue weighted by atomic mass is 15.3. The standard InChI is InChI=1S/C9H12N4/c1-2-11-9-12-5-7-4-10-6-8(7)13(9)3-1/h4,6,10H,1-3,5H2,(H,11,12). The number of aromatic nitrogens is 1. The highest BCUT2D eigenvalue weighted by Crippen LogP contribution is 2.26. The van der Waals surface area contributed by atoms with E-state index >= 15 is 0 Å².